The third-order valence-corrected chi connectivity index (χ3v) is 4.42. The number of aromatic nitrogens is 4. The van der Waals surface area contributed by atoms with Crippen LogP contribution in [0.25, 0.3) is 17.3 Å². The standard InChI is InChI=1S/C14H12N4OS/c1-2-12-16-14(19-17-12)13-10-7-20-11-6-4-3-5-9(11)18(10)8-15-13/h3-6,8H,2,7H2,1H3. The van der Waals surface area contributed by atoms with Crippen molar-refractivity contribution in [1.82, 2.24) is 19.7 Å². The maximum Gasteiger partial charge on any atom is 0.278 e. The summed E-state index contributed by atoms with van der Waals surface area (Å²) < 4.78 is 7.42. The van der Waals surface area contributed by atoms with E-state index in [1.165, 1.54) is 4.90 Å². The lowest BCUT2D eigenvalue weighted by Gasteiger charge is -2.18. The smallest absolute Gasteiger partial charge is 0.278 e. The lowest BCUT2D eigenvalue weighted by molar-refractivity contribution is 0.422. The van der Waals surface area contributed by atoms with Crippen molar-refractivity contribution >= 4 is 11.8 Å². The van der Waals surface area contributed by atoms with Crippen molar-refractivity contribution in [2.45, 2.75) is 24.0 Å². The molecule has 6 heteroatoms. The average Bonchev–Trinajstić information content (AvgIpc) is 3.13. The number of fused-ring (bicyclic) bond motifs is 3. The number of benzene rings is 1. The number of para-hydroxylation sites is 1. The molecule has 1 aromatic carbocycles. The van der Waals surface area contributed by atoms with E-state index in [-0.39, 0.29) is 0 Å². The molecule has 1 aliphatic rings. The van der Waals surface area contributed by atoms with Crippen LogP contribution in [0.4, 0.5) is 0 Å². The Bertz CT molecular complexity index is 777. The zero-order valence-corrected chi connectivity index (χ0v) is 11.7. The Balaban J connectivity index is 1.85. The molecule has 2 aromatic heterocycles. The molecule has 0 bridgehead atoms. The van der Waals surface area contributed by atoms with E-state index in [1.807, 2.05) is 19.3 Å². The number of rotatable bonds is 2. The molecule has 1 aliphatic heterocycles. The minimum atomic E-state index is 0.510. The Morgan fingerprint density at radius 3 is 3.10 bits per heavy atom. The molecule has 0 amide bonds. The number of imidazole rings is 1. The zero-order chi connectivity index (χ0) is 13.5. The highest BCUT2D eigenvalue weighted by atomic mass is 32.2. The highest BCUT2D eigenvalue weighted by molar-refractivity contribution is 7.98. The molecule has 0 fully saturated rings. The molecule has 0 unspecified atom stereocenters. The summed E-state index contributed by atoms with van der Waals surface area (Å²) in [5.74, 6) is 2.08. The number of hydrogen-bond donors (Lipinski definition) is 0. The third-order valence-electron chi connectivity index (χ3n) is 3.34. The topological polar surface area (TPSA) is 56.7 Å². The Morgan fingerprint density at radius 1 is 1.35 bits per heavy atom. The monoisotopic (exact) mass is 284 g/mol. The lowest BCUT2D eigenvalue weighted by atomic mass is 10.2. The highest BCUT2D eigenvalue weighted by Crippen LogP contribution is 2.38. The van der Waals surface area contributed by atoms with Crippen molar-refractivity contribution in [2.75, 3.05) is 0 Å². The number of hydrogen-bond acceptors (Lipinski definition) is 5. The average molecular weight is 284 g/mol. The first-order valence-corrected chi connectivity index (χ1v) is 7.46. The molecule has 4 rings (SSSR count). The molecule has 3 aromatic rings. The first-order chi connectivity index (χ1) is 9.86. The van der Waals surface area contributed by atoms with Crippen LogP contribution in [0.15, 0.2) is 40.0 Å². The van der Waals surface area contributed by atoms with Gasteiger partial charge in [-0.05, 0) is 12.1 Å². The molecule has 100 valence electrons. The van der Waals surface area contributed by atoms with Gasteiger partial charge in [0.25, 0.3) is 5.89 Å². The van der Waals surface area contributed by atoms with E-state index in [1.54, 1.807) is 11.8 Å². The Hall–Kier alpha value is -2.08. The third kappa shape index (κ3) is 1.68. The maximum atomic E-state index is 5.31. The summed E-state index contributed by atoms with van der Waals surface area (Å²) in [5, 5.41) is 3.94. The normalized spacial score (nSPS) is 13.1. The van der Waals surface area contributed by atoms with E-state index < -0.39 is 0 Å². The predicted molar refractivity (Wildman–Crippen MR) is 75.8 cm³/mol. The van der Waals surface area contributed by atoms with Gasteiger partial charge in [-0.15, -0.1) is 11.8 Å². The van der Waals surface area contributed by atoms with Crippen molar-refractivity contribution in [3.63, 3.8) is 0 Å². The fourth-order valence-electron chi connectivity index (χ4n) is 2.32. The van der Waals surface area contributed by atoms with Gasteiger partial charge in [-0.1, -0.05) is 24.2 Å². The van der Waals surface area contributed by atoms with Crippen LogP contribution in [-0.2, 0) is 12.2 Å². The molecule has 3 heterocycles. The van der Waals surface area contributed by atoms with Crippen LogP contribution in [0.2, 0.25) is 0 Å². The minimum Gasteiger partial charge on any atom is -0.332 e. The van der Waals surface area contributed by atoms with Gasteiger partial charge in [-0.2, -0.15) is 4.98 Å². The minimum absolute atomic E-state index is 0.510. The van der Waals surface area contributed by atoms with Gasteiger partial charge < -0.3 is 9.09 Å². The van der Waals surface area contributed by atoms with E-state index in [4.69, 9.17) is 4.52 Å². The van der Waals surface area contributed by atoms with Gasteiger partial charge in [0.15, 0.2) is 11.5 Å². The van der Waals surface area contributed by atoms with E-state index in [2.05, 4.69) is 37.9 Å². The second kappa shape index (κ2) is 4.49. The van der Waals surface area contributed by atoms with Gasteiger partial charge in [0.2, 0.25) is 0 Å². The largest absolute Gasteiger partial charge is 0.332 e. The van der Waals surface area contributed by atoms with Crippen LogP contribution in [-0.4, -0.2) is 19.7 Å². The molecular formula is C14H12N4OS. The van der Waals surface area contributed by atoms with Gasteiger partial charge in [0.1, 0.15) is 6.33 Å². The summed E-state index contributed by atoms with van der Waals surface area (Å²) in [6, 6.07) is 8.32. The molecule has 0 saturated carbocycles. The van der Waals surface area contributed by atoms with Crippen LogP contribution in [0.3, 0.4) is 0 Å². The van der Waals surface area contributed by atoms with Crippen LogP contribution in [0.5, 0.6) is 0 Å². The fraction of sp³-hybridized carbons (Fsp3) is 0.214. The van der Waals surface area contributed by atoms with Gasteiger partial charge in [0, 0.05) is 17.1 Å². The first kappa shape index (κ1) is 11.7. The van der Waals surface area contributed by atoms with E-state index in [9.17, 15) is 0 Å². The number of thioether (sulfide) groups is 1. The van der Waals surface area contributed by atoms with Gasteiger partial charge in [-0.3, -0.25) is 0 Å². The maximum absolute atomic E-state index is 5.31. The van der Waals surface area contributed by atoms with Crippen molar-refractivity contribution in [3.8, 4) is 17.3 Å². The van der Waals surface area contributed by atoms with Crippen molar-refractivity contribution in [2.24, 2.45) is 0 Å². The van der Waals surface area contributed by atoms with Crippen LogP contribution in [0, 0.1) is 0 Å². The molecule has 5 nitrogen and oxygen atoms in total. The highest BCUT2D eigenvalue weighted by Gasteiger charge is 2.23. The predicted octanol–water partition coefficient (Wildman–Crippen LogP) is 3.09. The molecule has 0 radical (unpaired) electrons. The van der Waals surface area contributed by atoms with Crippen molar-refractivity contribution < 1.29 is 4.52 Å². The SMILES string of the molecule is CCc1noc(-c2ncn3c2CSc2ccccc2-3)n1. The zero-order valence-electron chi connectivity index (χ0n) is 10.9. The lowest BCUT2D eigenvalue weighted by Crippen LogP contribution is -2.05. The summed E-state index contributed by atoms with van der Waals surface area (Å²) in [6.45, 7) is 2.00. The molecule has 0 spiro atoms. The van der Waals surface area contributed by atoms with Gasteiger partial charge in [-0.25, -0.2) is 4.98 Å². The van der Waals surface area contributed by atoms with Crippen LogP contribution >= 0.6 is 11.8 Å². The molecule has 0 N–H and O–H groups in total. The van der Waals surface area contributed by atoms with Gasteiger partial charge in [0.05, 0.1) is 11.4 Å². The summed E-state index contributed by atoms with van der Waals surface area (Å²) in [7, 11) is 0. The Morgan fingerprint density at radius 2 is 2.25 bits per heavy atom. The summed E-state index contributed by atoms with van der Waals surface area (Å²) in [4.78, 5) is 10.1. The Labute approximate surface area is 120 Å². The van der Waals surface area contributed by atoms with Crippen LogP contribution < -0.4 is 0 Å². The second-order valence-electron chi connectivity index (χ2n) is 4.54. The van der Waals surface area contributed by atoms with Crippen molar-refractivity contribution in [3.05, 3.63) is 42.1 Å². The number of nitrogens with zero attached hydrogens (tertiary/aromatic N) is 4. The molecule has 0 atom stereocenters. The van der Waals surface area contributed by atoms with E-state index >= 15 is 0 Å². The molecule has 20 heavy (non-hydrogen) atoms. The quantitative estimate of drug-likeness (QED) is 0.723. The van der Waals surface area contributed by atoms with Crippen LogP contribution in [0.1, 0.15) is 18.4 Å². The summed E-state index contributed by atoms with van der Waals surface area (Å²) >= 11 is 1.81. The summed E-state index contributed by atoms with van der Waals surface area (Å²) in [6.07, 6.45) is 2.59. The molecule has 0 saturated heterocycles. The van der Waals surface area contributed by atoms with Gasteiger partial charge >= 0.3 is 0 Å². The Kier molecular flexibility index (Phi) is 2.63. The second-order valence-corrected chi connectivity index (χ2v) is 5.55. The first-order valence-electron chi connectivity index (χ1n) is 6.48. The fourth-order valence-corrected chi connectivity index (χ4v) is 3.37. The molecular weight excluding hydrogens is 272 g/mol. The molecule has 0 aliphatic carbocycles. The van der Waals surface area contributed by atoms with E-state index in [0.717, 1.165) is 29.2 Å². The number of aryl methyl sites for hydroxylation is 1. The van der Waals surface area contributed by atoms with E-state index in [0.29, 0.717) is 11.7 Å². The van der Waals surface area contributed by atoms with Crippen molar-refractivity contribution in [1.29, 1.82) is 0 Å². The summed E-state index contributed by atoms with van der Waals surface area (Å²) in [5.41, 5.74) is 3.06.